The van der Waals surface area contributed by atoms with Gasteiger partial charge in [-0.2, -0.15) is 0 Å². The van der Waals surface area contributed by atoms with E-state index in [9.17, 15) is 5.11 Å². The molecule has 0 heterocycles. The highest BCUT2D eigenvalue weighted by atomic mass is 16.3. The number of hydrogen-bond donors (Lipinski definition) is 2. The lowest BCUT2D eigenvalue weighted by Gasteiger charge is -2.22. The predicted molar refractivity (Wildman–Crippen MR) is 95.0 cm³/mol. The van der Waals surface area contributed by atoms with E-state index >= 15 is 0 Å². The van der Waals surface area contributed by atoms with E-state index < -0.39 is 0 Å². The molecule has 0 aromatic carbocycles. The van der Waals surface area contributed by atoms with Gasteiger partial charge in [0.05, 0.1) is 12.4 Å². The Morgan fingerprint density at radius 1 is 0.909 bits per heavy atom. The van der Waals surface area contributed by atoms with Gasteiger partial charge in [0.1, 0.15) is 0 Å². The summed E-state index contributed by atoms with van der Waals surface area (Å²) >= 11 is 0. The van der Waals surface area contributed by atoms with E-state index in [4.69, 9.17) is 5.11 Å². The first-order valence-corrected chi connectivity index (χ1v) is 9.43. The number of rotatable bonds is 12. The summed E-state index contributed by atoms with van der Waals surface area (Å²) in [6.45, 7) is 2.26. The van der Waals surface area contributed by atoms with Crippen LogP contribution in [-0.2, 0) is 0 Å². The SMILES string of the molecule is CCCCCCCC[C@H]1CC[C@H](O)[C@@H]1CCC/C=C/C=C/O. The first-order valence-electron chi connectivity index (χ1n) is 9.43. The van der Waals surface area contributed by atoms with E-state index in [2.05, 4.69) is 13.0 Å². The van der Waals surface area contributed by atoms with Crippen molar-refractivity contribution in [2.75, 3.05) is 0 Å². The second kappa shape index (κ2) is 12.8. The smallest absolute Gasteiger partial charge is 0.0791 e. The molecular weight excluding hydrogens is 272 g/mol. The van der Waals surface area contributed by atoms with Crippen molar-refractivity contribution in [2.45, 2.75) is 90.1 Å². The third kappa shape index (κ3) is 8.03. The van der Waals surface area contributed by atoms with Crippen molar-refractivity contribution in [3.05, 3.63) is 24.5 Å². The molecule has 0 aromatic heterocycles. The Morgan fingerprint density at radius 2 is 1.68 bits per heavy atom. The molecular formula is C20H36O2. The summed E-state index contributed by atoms with van der Waals surface area (Å²) in [5.74, 6) is 1.28. The Labute approximate surface area is 137 Å². The standard InChI is InChI=1S/C20H36O2/c1-2-3-4-5-7-10-13-18-15-16-20(22)19(18)14-11-8-6-9-12-17-21/h6,9,12,17-22H,2-5,7-8,10-11,13-16H2,1H3/b9-6+,17-12+/t18-,19+,20-/m0/s1. The summed E-state index contributed by atoms with van der Waals surface area (Å²) in [6, 6.07) is 0. The Bertz CT molecular complexity index is 309. The van der Waals surface area contributed by atoms with Gasteiger partial charge in [-0.3, -0.25) is 0 Å². The molecule has 2 heteroatoms. The van der Waals surface area contributed by atoms with Gasteiger partial charge < -0.3 is 10.2 Å². The van der Waals surface area contributed by atoms with Crippen molar-refractivity contribution in [3.8, 4) is 0 Å². The first-order chi connectivity index (χ1) is 10.8. The molecule has 0 saturated heterocycles. The van der Waals surface area contributed by atoms with Crippen LogP contribution in [0.2, 0.25) is 0 Å². The molecule has 0 bridgehead atoms. The van der Waals surface area contributed by atoms with Gasteiger partial charge in [-0.25, -0.2) is 0 Å². The molecule has 0 amide bonds. The fraction of sp³-hybridized carbons (Fsp3) is 0.800. The fourth-order valence-electron chi connectivity index (χ4n) is 3.80. The molecule has 2 N–H and O–H groups in total. The lowest BCUT2D eigenvalue weighted by molar-refractivity contribution is 0.108. The lowest BCUT2D eigenvalue weighted by Crippen LogP contribution is -2.19. The zero-order valence-corrected chi connectivity index (χ0v) is 14.4. The highest BCUT2D eigenvalue weighted by molar-refractivity contribution is 4.99. The zero-order valence-electron chi connectivity index (χ0n) is 14.4. The number of hydrogen-bond acceptors (Lipinski definition) is 2. The van der Waals surface area contributed by atoms with Crippen molar-refractivity contribution >= 4 is 0 Å². The minimum atomic E-state index is -0.0635. The second-order valence-corrected chi connectivity index (χ2v) is 6.83. The molecule has 128 valence electrons. The van der Waals surface area contributed by atoms with Gasteiger partial charge >= 0.3 is 0 Å². The van der Waals surface area contributed by atoms with Gasteiger partial charge in [0.2, 0.25) is 0 Å². The van der Waals surface area contributed by atoms with Gasteiger partial charge in [0, 0.05) is 0 Å². The molecule has 1 fully saturated rings. The topological polar surface area (TPSA) is 40.5 Å². The lowest BCUT2D eigenvalue weighted by atomic mass is 9.86. The summed E-state index contributed by atoms with van der Waals surface area (Å²) in [4.78, 5) is 0. The molecule has 0 spiro atoms. The molecule has 1 aliphatic carbocycles. The minimum Gasteiger partial charge on any atom is -0.516 e. The maximum Gasteiger partial charge on any atom is 0.0791 e. The second-order valence-electron chi connectivity index (χ2n) is 6.83. The Kier molecular flexibility index (Phi) is 11.2. The van der Waals surface area contributed by atoms with Crippen LogP contribution in [0.5, 0.6) is 0 Å². The summed E-state index contributed by atoms with van der Waals surface area (Å²) in [5.41, 5.74) is 0. The van der Waals surface area contributed by atoms with Crippen molar-refractivity contribution in [1.29, 1.82) is 0 Å². The molecule has 0 radical (unpaired) electrons. The van der Waals surface area contributed by atoms with Crippen molar-refractivity contribution in [2.24, 2.45) is 11.8 Å². The number of aliphatic hydroxyl groups excluding tert-OH is 2. The van der Waals surface area contributed by atoms with Gasteiger partial charge in [-0.05, 0) is 50.0 Å². The van der Waals surface area contributed by atoms with Gasteiger partial charge in [0.15, 0.2) is 0 Å². The minimum absolute atomic E-state index is 0.0635. The van der Waals surface area contributed by atoms with E-state index in [0.717, 1.165) is 37.9 Å². The number of aliphatic hydroxyl groups is 2. The van der Waals surface area contributed by atoms with Crippen LogP contribution in [0.3, 0.4) is 0 Å². The van der Waals surface area contributed by atoms with E-state index in [1.807, 2.05) is 6.08 Å². The Hall–Kier alpha value is -0.760. The molecule has 0 aliphatic heterocycles. The summed E-state index contributed by atoms with van der Waals surface area (Å²) < 4.78 is 0. The fourth-order valence-corrected chi connectivity index (χ4v) is 3.80. The third-order valence-corrected chi connectivity index (χ3v) is 5.10. The van der Waals surface area contributed by atoms with Crippen molar-refractivity contribution in [1.82, 2.24) is 0 Å². The largest absolute Gasteiger partial charge is 0.516 e. The quantitative estimate of drug-likeness (QED) is 0.267. The Balaban J connectivity index is 2.16. The van der Waals surface area contributed by atoms with E-state index in [1.165, 1.54) is 51.4 Å². The van der Waals surface area contributed by atoms with Crippen LogP contribution >= 0.6 is 0 Å². The summed E-state index contributed by atoms with van der Waals surface area (Å²) in [7, 11) is 0. The molecule has 3 atom stereocenters. The summed E-state index contributed by atoms with van der Waals surface area (Å²) in [6.07, 6.45) is 21.7. The maximum atomic E-state index is 10.2. The van der Waals surface area contributed by atoms with Crippen LogP contribution in [0.25, 0.3) is 0 Å². The zero-order chi connectivity index (χ0) is 16.0. The highest BCUT2D eigenvalue weighted by Crippen LogP contribution is 2.38. The van der Waals surface area contributed by atoms with Gasteiger partial charge in [-0.1, -0.05) is 64.0 Å². The van der Waals surface area contributed by atoms with Crippen LogP contribution in [0.15, 0.2) is 24.5 Å². The average molecular weight is 309 g/mol. The predicted octanol–water partition coefficient (Wildman–Crippen LogP) is 5.92. The van der Waals surface area contributed by atoms with Crippen LogP contribution in [0.4, 0.5) is 0 Å². The van der Waals surface area contributed by atoms with Crippen LogP contribution < -0.4 is 0 Å². The van der Waals surface area contributed by atoms with Crippen LogP contribution in [0.1, 0.15) is 84.0 Å². The monoisotopic (exact) mass is 308 g/mol. The number of allylic oxidation sites excluding steroid dienone is 3. The molecule has 0 aromatic rings. The van der Waals surface area contributed by atoms with Crippen molar-refractivity contribution < 1.29 is 10.2 Å². The van der Waals surface area contributed by atoms with Crippen molar-refractivity contribution in [3.63, 3.8) is 0 Å². The van der Waals surface area contributed by atoms with E-state index in [0.29, 0.717) is 5.92 Å². The molecule has 1 rings (SSSR count). The Morgan fingerprint density at radius 3 is 2.45 bits per heavy atom. The maximum absolute atomic E-state index is 10.2. The van der Waals surface area contributed by atoms with Gasteiger partial charge in [-0.15, -0.1) is 0 Å². The number of unbranched alkanes of at least 4 members (excludes halogenated alkanes) is 6. The normalized spacial score (nSPS) is 25.6. The molecule has 1 saturated carbocycles. The first kappa shape index (κ1) is 19.3. The average Bonchev–Trinajstić information content (AvgIpc) is 2.87. The third-order valence-electron chi connectivity index (χ3n) is 5.10. The van der Waals surface area contributed by atoms with Gasteiger partial charge in [0.25, 0.3) is 0 Å². The molecule has 1 aliphatic rings. The van der Waals surface area contributed by atoms with Crippen LogP contribution in [0, 0.1) is 11.8 Å². The highest BCUT2D eigenvalue weighted by Gasteiger charge is 2.33. The molecule has 22 heavy (non-hydrogen) atoms. The molecule has 0 unspecified atom stereocenters. The van der Waals surface area contributed by atoms with E-state index in [-0.39, 0.29) is 6.10 Å². The van der Waals surface area contributed by atoms with Crippen LogP contribution in [-0.4, -0.2) is 16.3 Å². The van der Waals surface area contributed by atoms with E-state index in [1.54, 1.807) is 6.08 Å². The molecule has 2 nitrogen and oxygen atoms in total. The summed E-state index contributed by atoms with van der Waals surface area (Å²) in [5, 5.41) is 18.8.